The lowest BCUT2D eigenvalue weighted by Gasteiger charge is -2.25. The molecule has 3 heterocycles. The van der Waals surface area contributed by atoms with Gasteiger partial charge in [-0.1, -0.05) is 35.5 Å². The molecule has 2 aliphatic heterocycles. The molecule has 5 rings (SSSR count). The highest BCUT2D eigenvalue weighted by Crippen LogP contribution is 2.34. The quantitative estimate of drug-likeness (QED) is 0.397. The molecule has 0 unspecified atom stereocenters. The molecular formula is C27H24ClN5O5S. The van der Waals surface area contributed by atoms with Crippen molar-refractivity contribution in [3.05, 3.63) is 77.2 Å². The summed E-state index contributed by atoms with van der Waals surface area (Å²) in [5.41, 5.74) is 1.81. The molecule has 39 heavy (non-hydrogen) atoms. The van der Waals surface area contributed by atoms with E-state index in [1.807, 2.05) is 24.3 Å². The highest BCUT2D eigenvalue weighted by Gasteiger charge is 2.41. The molecule has 0 fully saturated rings. The molecule has 0 aliphatic carbocycles. The zero-order chi connectivity index (χ0) is 27.4. The smallest absolute Gasteiger partial charge is 0.259 e. The number of fused-ring (bicyclic) bond motifs is 3. The van der Waals surface area contributed by atoms with Gasteiger partial charge in [-0.05, 0) is 48.9 Å². The average molecular weight is 566 g/mol. The summed E-state index contributed by atoms with van der Waals surface area (Å²) in [4.78, 5) is 49.3. The zero-order valence-corrected chi connectivity index (χ0v) is 22.4. The number of carbonyl (C=O) groups excluding carboxylic acids is 3. The number of hydrogen-bond donors (Lipinski definition) is 2. The van der Waals surface area contributed by atoms with Gasteiger partial charge < -0.3 is 19.8 Å². The number of rotatable bonds is 9. The first-order valence-corrected chi connectivity index (χ1v) is 13.4. The van der Waals surface area contributed by atoms with Crippen molar-refractivity contribution in [3.8, 4) is 5.75 Å². The third kappa shape index (κ3) is 5.99. The summed E-state index contributed by atoms with van der Waals surface area (Å²) >= 11 is 7.18. The van der Waals surface area contributed by atoms with E-state index in [1.54, 1.807) is 30.3 Å². The third-order valence-electron chi connectivity index (χ3n) is 6.00. The largest absolute Gasteiger partial charge is 0.495 e. The van der Waals surface area contributed by atoms with Gasteiger partial charge in [-0.2, -0.15) is 0 Å². The summed E-state index contributed by atoms with van der Waals surface area (Å²) in [5.74, 6) is 0.741. The van der Waals surface area contributed by atoms with Crippen molar-refractivity contribution in [2.24, 2.45) is 9.98 Å². The van der Waals surface area contributed by atoms with Crippen LogP contribution in [0.5, 0.6) is 5.75 Å². The predicted molar refractivity (Wildman–Crippen MR) is 150 cm³/mol. The molecule has 2 aliphatic rings. The number of anilines is 1. The van der Waals surface area contributed by atoms with Crippen LogP contribution in [0.4, 0.5) is 11.4 Å². The van der Waals surface area contributed by atoms with Gasteiger partial charge in [-0.25, -0.2) is 9.89 Å². The number of nitrogens with zero attached hydrogens (tertiary/aromatic N) is 3. The maximum absolute atomic E-state index is 13.4. The summed E-state index contributed by atoms with van der Waals surface area (Å²) in [6.45, 7) is 0.273. The fourth-order valence-corrected chi connectivity index (χ4v) is 5.11. The molecule has 0 saturated carbocycles. The third-order valence-corrected chi connectivity index (χ3v) is 7.17. The maximum Gasteiger partial charge on any atom is 0.259 e. The first-order chi connectivity index (χ1) is 18.9. The fraction of sp³-hybridized carbons (Fsp3) is 0.222. The molecule has 200 valence electrons. The molecule has 3 amide bonds. The number of furan rings is 1. The van der Waals surface area contributed by atoms with E-state index in [0.717, 1.165) is 11.8 Å². The Morgan fingerprint density at radius 1 is 1.15 bits per heavy atom. The number of para-hydroxylation sites is 1. The summed E-state index contributed by atoms with van der Waals surface area (Å²) in [6, 6.07) is 15.1. The van der Waals surface area contributed by atoms with E-state index in [-0.39, 0.29) is 42.9 Å². The number of thioether (sulfide) groups is 1. The van der Waals surface area contributed by atoms with Crippen LogP contribution >= 0.6 is 23.4 Å². The minimum atomic E-state index is -0.740. The lowest BCUT2D eigenvalue weighted by Crippen LogP contribution is -2.41. The van der Waals surface area contributed by atoms with E-state index < -0.39 is 6.04 Å². The van der Waals surface area contributed by atoms with Gasteiger partial charge in [0.25, 0.3) is 5.91 Å². The molecular weight excluding hydrogens is 542 g/mol. The number of ether oxygens (including phenoxy) is 1. The van der Waals surface area contributed by atoms with Gasteiger partial charge in [0.2, 0.25) is 11.8 Å². The Bertz CT molecular complexity index is 1470. The fourth-order valence-electron chi connectivity index (χ4n) is 4.14. The Kier molecular flexibility index (Phi) is 7.99. The van der Waals surface area contributed by atoms with Crippen LogP contribution in [-0.2, 0) is 20.9 Å². The molecule has 0 radical (unpaired) electrons. The average Bonchev–Trinajstić information content (AvgIpc) is 3.58. The Labute approximate surface area is 233 Å². The normalized spacial score (nSPS) is 15.7. The van der Waals surface area contributed by atoms with Crippen molar-refractivity contribution in [2.75, 3.05) is 18.2 Å². The molecule has 1 atom stereocenters. The Morgan fingerprint density at radius 2 is 2.00 bits per heavy atom. The number of amides is 3. The second-order valence-electron chi connectivity index (χ2n) is 8.63. The number of carbonyl (C=O) groups is 3. The van der Waals surface area contributed by atoms with Crippen LogP contribution in [0.15, 0.2) is 75.3 Å². The molecule has 1 aromatic heterocycles. The number of amidine groups is 2. The van der Waals surface area contributed by atoms with E-state index in [2.05, 4.69) is 20.6 Å². The molecule has 0 bridgehead atoms. The van der Waals surface area contributed by atoms with Crippen molar-refractivity contribution in [1.82, 2.24) is 10.2 Å². The molecule has 0 saturated heterocycles. The van der Waals surface area contributed by atoms with Crippen molar-refractivity contribution < 1.29 is 23.5 Å². The predicted octanol–water partition coefficient (Wildman–Crippen LogP) is 4.37. The van der Waals surface area contributed by atoms with Crippen LogP contribution < -0.4 is 15.4 Å². The van der Waals surface area contributed by atoms with Gasteiger partial charge in [0.15, 0.2) is 5.17 Å². The summed E-state index contributed by atoms with van der Waals surface area (Å²) in [5, 5.41) is 6.36. The van der Waals surface area contributed by atoms with Gasteiger partial charge in [-0.3, -0.25) is 19.4 Å². The minimum Gasteiger partial charge on any atom is -0.495 e. The van der Waals surface area contributed by atoms with E-state index >= 15 is 0 Å². The van der Waals surface area contributed by atoms with Crippen LogP contribution in [0.2, 0.25) is 5.02 Å². The highest BCUT2D eigenvalue weighted by molar-refractivity contribution is 8.14. The molecule has 10 nitrogen and oxygen atoms in total. The number of methoxy groups -OCH3 is 1. The Hall–Kier alpha value is -4.09. The number of aliphatic imine (C=N–C) groups is 2. The zero-order valence-electron chi connectivity index (χ0n) is 20.8. The topological polar surface area (TPSA) is 126 Å². The van der Waals surface area contributed by atoms with E-state index in [9.17, 15) is 14.4 Å². The number of nitrogens with one attached hydrogen (secondary N) is 2. The van der Waals surface area contributed by atoms with E-state index in [0.29, 0.717) is 44.5 Å². The summed E-state index contributed by atoms with van der Waals surface area (Å²) in [7, 11) is 1.50. The molecule has 2 N–H and O–H groups in total. The lowest BCUT2D eigenvalue weighted by atomic mass is 10.1. The van der Waals surface area contributed by atoms with Crippen molar-refractivity contribution in [1.29, 1.82) is 0 Å². The van der Waals surface area contributed by atoms with Gasteiger partial charge in [0, 0.05) is 17.0 Å². The summed E-state index contributed by atoms with van der Waals surface area (Å²) in [6.07, 6.45) is 1.89. The number of benzene rings is 2. The van der Waals surface area contributed by atoms with Gasteiger partial charge in [0.05, 0.1) is 37.0 Å². The molecule has 0 spiro atoms. The Balaban J connectivity index is 1.26. The van der Waals surface area contributed by atoms with Crippen LogP contribution in [0, 0.1) is 0 Å². The SMILES string of the molecule is COc1ccc(Cl)cc1NC(=O)CSC1=Nc2ccccc2C2=N[C@H](CCC(=O)NCc3ccco3)C(=O)N12. The lowest BCUT2D eigenvalue weighted by molar-refractivity contribution is -0.125. The first-order valence-electron chi connectivity index (χ1n) is 12.1. The first kappa shape index (κ1) is 26.5. The van der Waals surface area contributed by atoms with Crippen molar-refractivity contribution >= 4 is 63.5 Å². The van der Waals surface area contributed by atoms with E-state index in [1.165, 1.54) is 18.3 Å². The Morgan fingerprint density at radius 3 is 2.79 bits per heavy atom. The molecule has 2 aromatic carbocycles. The van der Waals surface area contributed by atoms with Gasteiger partial charge in [-0.15, -0.1) is 0 Å². The van der Waals surface area contributed by atoms with Crippen molar-refractivity contribution in [3.63, 3.8) is 0 Å². The maximum atomic E-state index is 13.4. The van der Waals surface area contributed by atoms with Crippen LogP contribution in [-0.4, -0.2) is 52.5 Å². The number of halogens is 1. The summed E-state index contributed by atoms with van der Waals surface area (Å²) < 4.78 is 10.5. The van der Waals surface area contributed by atoms with E-state index in [4.69, 9.17) is 20.8 Å². The van der Waals surface area contributed by atoms with Gasteiger partial charge >= 0.3 is 0 Å². The van der Waals surface area contributed by atoms with Crippen LogP contribution in [0.1, 0.15) is 24.2 Å². The molecule has 12 heteroatoms. The van der Waals surface area contributed by atoms with Gasteiger partial charge in [0.1, 0.15) is 23.4 Å². The monoisotopic (exact) mass is 565 g/mol. The van der Waals surface area contributed by atoms with Crippen LogP contribution in [0.3, 0.4) is 0 Å². The number of hydrogen-bond acceptors (Lipinski definition) is 8. The second-order valence-corrected chi connectivity index (χ2v) is 10.0. The molecule has 3 aromatic rings. The standard InChI is InChI=1S/C27H24ClN5O5S/c1-37-22-10-8-16(28)13-21(22)30-24(35)15-39-27-32-19-7-3-2-6-18(19)25-31-20(26(36)33(25)27)9-11-23(34)29-14-17-5-4-12-38-17/h2-8,10,12-13,20H,9,11,14-15H2,1H3,(H,29,34)(H,30,35)/t20-/m1/s1. The van der Waals surface area contributed by atoms with Crippen molar-refractivity contribution in [2.45, 2.75) is 25.4 Å². The van der Waals surface area contributed by atoms with Crippen LogP contribution in [0.25, 0.3) is 0 Å². The second kappa shape index (κ2) is 11.7. The highest BCUT2D eigenvalue weighted by atomic mass is 35.5. The minimum absolute atomic E-state index is 0.0203.